The van der Waals surface area contributed by atoms with Gasteiger partial charge in [-0.3, -0.25) is 35.1 Å². The molecule has 182 valence electrons. The number of ketones is 1. The Hall–Kier alpha value is -5.45. The highest BCUT2D eigenvalue weighted by Gasteiger charge is 2.36. The van der Waals surface area contributed by atoms with Crippen LogP contribution in [0, 0.1) is 30.3 Å². The summed E-state index contributed by atoms with van der Waals surface area (Å²) in [6, 6.07) is 21.5. The molecule has 0 bridgehead atoms. The molecular weight excluding hydrogens is 482 g/mol. The number of carbonyl (C=O) groups is 1. The Kier molecular flexibility index (Phi) is 5.65. The van der Waals surface area contributed by atoms with Gasteiger partial charge < -0.3 is 4.74 Å². The van der Waals surface area contributed by atoms with E-state index < -0.39 is 31.9 Å². The molecule has 0 N–H and O–H groups in total. The van der Waals surface area contributed by atoms with Gasteiger partial charge in [0.05, 0.1) is 26.4 Å². The minimum atomic E-state index is -0.841. The molecule has 0 amide bonds. The van der Waals surface area contributed by atoms with Crippen molar-refractivity contribution in [2.24, 2.45) is 0 Å². The number of nitro benzene ring substituents is 3. The van der Waals surface area contributed by atoms with Gasteiger partial charge in [0.15, 0.2) is 5.78 Å². The van der Waals surface area contributed by atoms with Crippen LogP contribution in [0.1, 0.15) is 27.0 Å². The van der Waals surface area contributed by atoms with Gasteiger partial charge in [-0.05, 0) is 29.3 Å². The normalized spacial score (nSPS) is 12.1. The van der Waals surface area contributed by atoms with Crippen molar-refractivity contribution in [1.29, 1.82) is 0 Å². The second-order valence-corrected chi connectivity index (χ2v) is 8.21. The molecule has 0 radical (unpaired) electrons. The maximum Gasteiger partial charge on any atom is 0.284 e. The van der Waals surface area contributed by atoms with Crippen molar-refractivity contribution in [2.45, 2.75) is 6.42 Å². The predicted molar refractivity (Wildman–Crippen MR) is 131 cm³/mol. The van der Waals surface area contributed by atoms with Crippen LogP contribution in [0.4, 0.5) is 17.1 Å². The molecule has 2 aliphatic rings. The van der Waals surface area contributed by atoms with Crippen LogP contribution in [-0.4, -0.2) is 20.6 Å². The Labute approximate surface area is 208 Å². The number of carbonyl (C=O) groups excluding carboxylic acids is 1. The van der Waals surface area contributed by atoms with Gasteiger partial charge >= 0.3 is 0 Å². The van der Waals surface area contributed by atoms with Gasteiger partial charge in [0.2, 0.25) is 0 Å². The van der Waals surface area contributed by atoms with Gasteiger partial charge in [0, 0.05) is 41.3 Å². The molecular formula is C26H15N3O8. The van der Waals surface area contributed by atoms with E-state index in [0.717, 1.165) is 42.2 Å². The van der Waals surface area contributed by atoms with E-state index in [0.29, 0.717) is 0 Å². The fraction of sp³-hybridized carbons (Fsp3) is 0.0385. The van der Waals surface area contributed by atoms with Crippen LogP contribution < -0.4 is 4.74 Å². The van der Waals surface area contributed by atoms with Crippen LogP contribution in [0.3, 0.4) is 0 Å². The average Bonchev–Trinajstić information content (AvgIpc) is 3.18. The van der Waals surface area contributed by atoms with Crippen molar-refractivity contribution >= 4 is 22.8 Å². The molecule has 37 heavy (non-hydrogen) atoms. The zero-order valence-electron chi connectivity index (χ0n) is 18.8. The predicted octanol–water partition coefficient (Wildman–Crippen LogP) is 6.01. The summed E-state index contributed by atoms with van der Waals surface area (Å²) >= 11 is 0. The Morgan fingerprint density at radius 2 is 1.19 bits per heavy atom. The quantitative estimate of drug-likeness (QED) is 0.213. The maximum atomic E-state index is 12.3. The van der Waals surface area contributed by atoms with E-state index in [1.165, 1.54) is 17.2 Å². The third-order valence-corrected chi connectivity index (χ3v) is 6.03. The zero-order valence-corrected chi connectivity index (χ0v) is 18.8. The first kappa shape index (κ1) is 23.3. The van der Waals surface area contributed by atoms with Gasteiger partial charge in [-0.1, -0.05) is 36.4 Å². The largest absolute Gasteiger partial charge is 0.457 e. The molecule has 1 heterocycles. The van der Waals surface area contributed by atoms with Crippen LogP contribution in [-0.2, 0) is 6.42 Å². The summed E-state index contributed by atoms with van der Waals surface area (Å²) in [6.07, 6.45) is 0.979. The first-order valence-electron chi connectivity index (χ1n) is 10.9. The van der Waals surface area contributed by atoms with Gasteiger partial charge in [0.1, 0.15) is 11.5 Å². The summed E-state index contributed by atoms with van der Waals surface area (Å²) in [4.78, 5) is 42.8. The molecule has 1 aliphatic carbocycles. The molecule has 11 nitrogen and oxygen atoms in total. The van der Waals surface area contributed by atoms with E-state index in [1.54, 1.807) is 0 Å². The number of hydrogen-bond donors (Lipinski definition) is 0. The molecule has 0 atom stereocenters. The SMILES string of the molecule is O=C1c2cc([N+](=O)[O-])ccc2-c2c1cc([N+](=O)[O-])cc2[N+](=O)[O-].c1ccc2c(c1)Cc1ccccc1O2. The third kappa shape index (κ3) is 4.14. The number of nitro groups is 3. The van der Waals surface area contributed by atoms with Gasteiger partial charge in [-0.25, -0.2) is 0 Å². The van der Waals surface area contributed by atoms with E-state index in [-0.39, 0.29) is 27.9 Å². The lowest BCUT2D eigenvalue weighted by Gasteiger charge is -2.19. The smallest absolute Gasteiger partial charge is 0.284 e. The number of non-ortho nitro benzene ring substituents is 2. The summed E-state index contributed by atoms with van der Waals surface area (Å²) in [6.45, 7) is 0. The van der Waals surface area contributed by atoms with Crippen LogP contribution in [0.25, 0.3) is 11.1 Å². The van der Waals surface area contributed by atoms with Crippen molar-refractivity contribution in [3.8, 4) is 22.6 Å². The summed E-state index contributed by atoms with van der Waals surface area (Å²) in [5.74, 6) is 1.27. The lowest BCUT2D eigenvalue weighted by molar-refractivity contribution is -0.393. The molecule has 6 rings (SSSR count). The number of benzene rings is 4. The number of para-hydroxylation sites is 2. The monoisotopic (exact) mass is 497 g/mol. The van der Waals surface area contributed by atoms with Gasteiger partial charge in [-0.2, -0.15) is 0 Å². The summed E-state index contributed by atoms with van der Waals surface area (Å²) in [5, 5.41) is 32.9. The molecule has 0 unspecified atom stereocenters. The number of fused-ring (bicyclic) bond motifs is 5. The average molecular weight is 497 g/mol. The molecule has 0 saturated heterocycles. The fourth-order valence-electron chi connectivity index (χ4n) is 4.34. The van der Waals surface area contributed by atoms with Crippen molar-refractivity contribution in [3.63, 3.8) is 0 Å². The molecule has 0 aromatic heterocycles. The van der Waals surface area contributed by atoms with Crippen LogP contribution in [0.2, 0.25) is 0 Å². The topological polar surface area (TPSA) is 156 Å². The Balaban J connectivity index is 0.000000170. The van der Waals surface area contributed by atoms with Crippen LogP contribution >= 0.6 is 0 Å². The van der Waals surface area contributed by atoms with Gasteiger partial charge in [-0.15, -0.1) is 0 Å². The number of hydrogen-bond acceptors (Lipinski definition) is 8. The number of rotatable bonds is 3. The standard InChI is InChI=1S/C13H5N3O7.C13H10O/c17-13-9-3-6(14(18)19)1-2-8(9)12-10(13)4-7(15(20)21)5-11(12)16(22)23;1-3-7-12-10(5-1)9-11-6-2-4-8-13(11)14-12/h1-5H;1-8H,9H2. The summed E-state index contributed by atoms with van der Waals surface area (Å²) in [7, 11) is 0. The highest BCUT2D eigenvalue weighted by Crippen LogP contribution is 2.45. The minimum absolute atomic E-state index is 0.0597. The Morgan fingerprint density at radius 3 is 1.76 bits per heavy atom. The molecule has 4 aromatic rings. The second kappa shape index (κ2) is 8.96. The minimum Gasteiger partial charge on any atom is -0.457 e. The van der Waals surface area contributed by atoms with E-state index >= 15 is 0 Å². The lowest BCUT2D eigenvalue weighted by atomic mass is 10.0. The Morgan fingerprint density at radius 1 is 0.622 bits per heavy atom. The Bertz CT molecular complexity index is 1560. The molecule has 1 aliphatic heterocycles. The summed E-state index contributed by atoms with van der Waals surface area (Å²) in [5.41, 5.74) is 0.813. The van der Waals surface area contributed by atoms with E-state index in [9.17, 15) is 35.1 Å². The lowest BCUT2D eigenvalue weighted by Crippen LogP contribution is -2.01. The van der Waals surface area contributed by atoms with E-state index in [1.807, 2.05) is 24.3 Å². The first-order valence-corrected chi connectivity index (χ1v) is 10.9. The highest BCUT2D eigenvalue weighted by atomic mass is 16.6. The maximum absolute atomic E-state index is 12.3. The molecule has 0 spiro atoms. The molecule has 0 fully saturated rings. The zero-order chi connectivity index (χ0) is 26.3. The molecule has 4 aromatic carbocycles. The van der Waals surface area contributed by atoms with Crippen molar-refractivity contribution in [2.75, 3.05) is 0 Å². The van der Waals surface area contributed by atoms with E-state index in [4.69, 9.17) is 4.74 Å². The van der Waals surface area contributed by atoms with Crippen LogP contribution in [0.15, 0.2) is 78.9 Å². The number of ether oxygens (including phenoxy) is 1. The van der Waals surface area contributed by atoms with Crippen LogP contribution in [0.5, 0.6) is 11.5 Å². The second-order valence-electron chi connectivity index (χ2n) is 8.21. The highest BCUT2D eigenvalue weighted by molar-refractivity contribution is 6.23. The van der Waals surface area contributed by atoms with Gasteiger partial charge in [0.25, 0.3) is 17.1 Å². The fourth-order valence-corrected chi connectivity index (χ4v) is 4.34. The van der Waals surface area contributed by atoms with Crippen molar-refractivity contribution in [3.05, 3.63) is 131 Å². The van der Waals surface area contributed by atoms with E-state index in [2.05, 4.69) is 24.3 Å². The molecule has 0 saturated carbocycles. The van der Waals surface area contributed by atoms with Crippen molar-refractivity contribution in [1.82, 2.24) is 0 Å². The van der Waals surface area contributed by atoms with Crippen molar-refractivity contribution < 1.29 is 24.3 Å². The third-order valence-electron chi connectivity index (χ3n) is 6.03. The molecule has 11 heteroatoms. The first-order chi connectivity index (χ1) is 17.7. The summed E-state index contributed by atoms with van der Waals surface area (Å²) < 4.78 is 5.78. The number of nitrogens with zero attached hydrogens (tertiary/aromatic N) is 3.